The summed E-state index contributed by atoms with van der Waals surface area (Å²) in [6.07, 6.45) is 9.30. The van der Waals surface area contributed by atoms with Crippen LogP contribution in [-0.2, 0) is 30.8 Å². The van der Waals surface area contributed by atoms with E-state index in [0.29, 0.717) is 31.7 Å². The highest BCUT2D eigenvalue weighted by molar-refractivity contribution is 7.91. The summed E-state index contributed by atoms with van der Waals surface area (Å²) in [5.41, 5.74) is 9.99. The molecule has 14 heteroatoms. The first-order valence-corrected chi connectivity index (χ1v) is 22.6. The number of nitrogens with one attached hydrogen (secondary N) is 1. The first-order chi connectivity index (χ1) is 27.3. The molecular formula is C43H52N6O6S2. The maximum atomic E-state index is 14.5. The van der Waals surface area contributed by atoms with Gasteiger partial charge in [-0.3, -0.25) is 23.7 Å². The van der Waals surface area contributed by atoms with Crippen LogP contribution in [0.2, 0.25) is 0 Å². The molecule has 2 aromatic heterocycles. The molecule has 0 unspecified atom stereocenters. The summed E-state index contributed by atoms with van der Waals surface area (Å²) >= 11 is 1.57. The standard InChI is InChI=1S/C43H52N6O6S2/c1-27(2)49-34-18-12-16-32(38-45-30(26-56-38)21-28-13-8-7-9-14-28)37(34)46-41(49)55-31-22-35-36(50)24-43(40(52)47-57(53,54)42(3)19-20-42)23-29(43)15-10-5-4-6-11-17-33(44)39(51)48(35)25-31/h7-10,12-16,18,26-27,29,31,33,35H,4-6,11,17,19-25,44H2,1-3H3,(H,47,52)/b15-10-/t29-,31-,33+,35+,43-/m1/s1. The van der Waals surface area contributed by atoms with E-state index in [1.165, 1.54) is 10.5 Å². The second-order valence-electron chi connectivity index (χ2n) is 17.0. The molecule has 5 atom stereocenters. The molecule has 8 rings (SSSR count). The van der Waals surface area contributed by atoms with Gasteiger partial charge in [-0.15, -0.1) is 11.3 Å². The second kappa shape index (κ2) is 15.4. The van der Waals surface area contributed by atoms with Gasteiger partial charge in [0.05, 0.1) is 40.0 Å². The van der Waals surface area contributed by atoms with Gasteiger partial charge in [0.2, 0.25) is 21.8 Å². The van der Waals surface area contributed by atoms with Gasteiger partial charge in [0.25, 0.3) is 6.01 Å². The fourth-order valence-corrected chi connectivity index (χ4v) is 10.7. The second-order valence-corrected chi connectivity index (χ2v) is 20.0. The first kappa shape index (κ1) is 39.4. The fourth-order valence-electron chi connectivity index (χ4n) is 8.50. The van der Waals surface area contributed by atoms with Crippen molar-refractivity contribution in [1.82, 2.24) is 24.2 Å². The molecule has 0 spiro atoms. The number of carbonyl (C=O) groups is 3. The molecule has 2 aliphatic carbocycles. The Hall–Kier alpha value is -4.40. The van der Waals surface area contributed by atoms with Crippen LogP contribution in [0.5, 0.6) is 6.01 Å². The SMILES string of the molecule is CC(C)n1c(O[C@@H]2C[C@H]3C(=O)C[C@]4(C(=O)NS(=O)(=O)C5(C)CC5)C[C@H]4/C=C\CCCCC[C@H](N)C(=O)N3C2)nc2c(-c3nc(Cc4ccccc4)cs3)cccc21. The molecule has 3 fully saturated rings. The van der Waals surface area contributed by atoms with E-state index < -0.39 is 44.3 Å². The minimum Gasteiger partial charge on any atom is -0.459 e. The van der Waals surface area contributed by atoms with Crippen LogP contribution >= 0.6 is 11.3 Å². The van der Waals surface area contributed by atoms with Gasteiger partial charge in [-0.1, -0.05) is 61.4 Å². The number of fused-ring (bicyclic) bond motifs is 3. The van der Waals surface area contributed by atoms with E-state index in [0.717, 1.165) is 59.4 Å². The number of sulfonamides is 1. The van der Waals surface area contributed by atoms with Crippen molar-refractivity contribution in [2.75, 3.05) is 6.54 Å². The summed E-state index contributed by atoms with van der Waals surface area (Å²) in [5, 5.41) is 2.93. The maximum Gasteiger partial charge on any atom is 0.297 e. The Kier molecular flexibility index (Phi) is 10.7. The summed E-state index contributed by atoms with van der Waals surface area (Å²) < 4.78 is 36.5. The van der Waals surface area contributed by atoms with Crippen LogP contribution in [0.3, 0.4) is 0 Å². The lowest BCUT2D eigenvalue weighted by Crippen LogP contribution is -2.50. The van der Waals surface area contributed by atoms with Gasteiger partial charge >= 0.3 is 0 Å². The molecule has 0 radical (unpaired) electrons. The van der Waals surface area contributed by atoms with Crippen molar-refractivity contribution in [3.63, 3.8) is 0 Å². The Balaban J connectivity index is 1.07. The lowest BCUT2D eigenvalue weighted by molar-refractivity contribution is -0.140. The number of allylic oxidation sites excluding steroid dienone is 2. The molecule has 4 heterocycles. The molecular weight excluding hydrogens is 761 g/mol. The lowest BCUT2D eigenvalue weighted by Gasteiger charge is -2.27. The van der Waals surface area contributed by atoms with Crippen LogP contribution in [0.15, 0.2) is 66.1 Å². The summed E-state index contributed by atoms with van der Waals surface area (Å²) in [6.45, 7) is 5.87. The van der Waals surface area contributed by atoms with Crippen LogP contribution in [0, 0.1) is 11.3 Å². The van der Waals surface area contributed by atoms with E-state index in [1.807, 2.05) is 53.1 Å². The highest BCUT2D eigenvalue weighted by Crippen LogP contribution is 2.57. The molecule has 3 N–H and O–H groups in total. The highest BCUT2D eigenvalue weighted by Gasteiger charge is 2.62. The molecule has 2 saturated carbocycles. The monoisotopic (exact) mass is 812 g/mol. The number of nitrogens with two attached hydrogens (primary N) is 1. The average Bonchev–Trinajstić information content (AvgIpc) is 3.87. The summed E-state index contributed by atoms with van der Waals surface area (Å²) in [5.74, 6) is -1.54. The van der Waals surface area contributed by atoms with Crippen molar-refractivity contribution in [2.45, 2.75) is 120 Å². The zero-order chi connectivity index (χ0) is 40.1. The number of thiazole rings is 1. The molecule has 12 nitrogen and oxygen atoms in total. The number of imidazole rings is 1. The van der Waals surface area contributed by atoms with Crippen molar-refractivity contribution in [3.8, 4) is 16.6 Å². The summed E-state index contributed by atoms with van der Waals surface area (Å²) in [7, 11) is -3.91. The van der Waals surface area contributed by atoms with Gasteiger partial charge in [0, 0.05) is 36.2 Å². The van der Waals surface area contributed by atoms with E-state index in [1.54, 1.807) is 18.3 Å². The number of ketones is 1. The van der Waals surface area contributed by atoms with Crippen molar-refractivity contribution in [2.24, 2.45) is 17.1 Å². The van der Waals surface area contributed by atoms with E-state index in [9.17, 15) is 22.8 Å². The minimum atomic E-state index is -3.91. The smallest absolute Gasteiger partial charge is 0.297 e. The Labute approximate surface area is 338 Å². The van der Waals surface area contributed by atoms with Crippen molar-refractivity contribution < 1.29 is 27.5 Å². The number of amides is 2. The molecule has 302 valence electrons. The highest BCUT2D eigenvalue weighted by atomic mass is 32.2. The van der Waals surface area contributed by atoms with Crippen LogP contribution in [0.4, 0.5) is 0 Å². The number of hydrogen-bond acceptors (Lipinski definition) is 10. The number of hydrogen-bond donors (Lipinski definition) is 2. The van der Waals surface area contributed by atoms with Crippen molar-refractivity contribution in [3.05, 3.63) is 77.3 Å². The van der Waals surface area contributed by atoms with Gasteiger partial charge in [-0.05, 0) is 82.9 Å². The number of para-hydroxylation sites is 1. The van der Waals surface area contributed by atoms with Gasteiger partial charge < -0.3 is 15.4 Å². The molecule has 57 heavy (non-hydrogen) atoms. The lowest BCUT2D eigenvalue weighted by atomic mass is 9.91. The van der Waals surface area contributed by atoms with Gasteiger partial charge in [0.1, 0.15) is 16.6 Å². The third kappa shape index (κ3) is 7.80. The number of nitrogens with zero attached hydrogens (tertiary/aromatic N) is 4. The zero-order valence-electron chi connectivity index (χ0n) is 32.9. The molecule has 0 bridgehead atoms. The Morgan fingerprint density at radius 1 is 1.07 bits per heavy atom. The number of Topliss-reactive ketones (excluding diaryl/α,β-unsaturated/α-hetero) is 1. The van der Waals surface area contributed by atoms with Gasteiger partial charge in [0.15, 0.2) is 5.78 Å². The number of benzene rings is 2. The molecule has 1 saturated heterocycles. The number of aromatic nitrogens is 3. The quantitative estimate of drug-likeness (QED) is 0.180. The molecule has 2 amide bonds. The van der Waals surface area contributed by atoms with Crippen molar-refractivity contribution >= 4 is 50.0 Å². The summed E-state index contributed by atoms with van der Waals surface area (Å²) in [6, 6.07) is 14.9. The summed E-state index contributed by atoms with van der Waals surface area (Å²) in [4.78, 5) is 54.0. The number of rotatable bonds is 9. The molecule has 4 aliphatic rings. The molecule has 4 aromatic rings. The largest absolute Gasteiger partial charge is 0.459 e. The molecule has 2 aliphatic heterocycles. The maximum absolute atomic E-state index is 14.5. The third-order valence-electron chi connectivity index (χ3n) is 12.4. The van der Waals surface area contributed by atoms with Gasteiger partial charge in [-0.2, -0.15) is 4.98 Å². The van der Waals surface area contributed by atoms with E-state index in [4.69, 9.17) is 20.4 Å². The number of carbonyl (C=O) groups excluding carboxylic acids is 3. The minimum absolute atomic E-state index is 0.0267. The van der Waals surface area contributed by atoms with Crippen LogP contribution < -0.4 is 15.2 Å². The van der Waals surface area contributed by atoms with Gasteiger partial charge in [-0.25, -0.2) is 13.4 Å². The van der Waals surface area contributed by atoms with Crippen LogP contribution in [0.1, 0.15) is 102 Å². The predicted molar refractivity (Wildman–Crippen MR) is 220 cm³/mol. The van der Waals surface area contributed by atoms with E-state index in [-0.39, 0.29) is 43.0 Å². The van der Waals surface area contributed by atoms with E-state index >= 15 is 0 Å². The third-order valence-corrected chi connectivity index (χ3v) is 15.5. The Morgan fingerprint density at radius 2 is 1.86 bits per heavy atom. The zero-order valence-corrected chi connectivity index (χ0v) is 34.5. The topological polar surface area (TPSA) is 167 Å². The predicted octanol–water partition coefficient (Wildman–Crippen LogP) is 6.49. The first-order valence-electron chi connectivity index (χ1n) is 20.3. The number of ether oxygens (including phenoxy) is 1. The van der Waals surface area contributed by atoms with Crippen LogP contribution in [-0.4, -0.2) is 74.9 Å². The normalized spacial score (nSPS) is 27.0. The Morgan fingerprint density at radius 3 is 2.61 bits per heavy atom. The fraction of sp³-hybridized carbons (Fsp3) is 0.512. The molecule has 2 aromatic carbocycles. The van der Waals surface area contributed by atoms with Crippen molar-refractivity contribution in [1.29, 1.82) is 0 Å². The average molecular weight is 813 g/mol. The van der Waals surface area contributed by atoms with Crippen LogP contribution in [0.25, 0.3) is 21.6 Å². The van der Waals surface area contributed by atoms with E-state index in [2.05, 4.69) is 36.1 Å². The Bertz CT molecular complexity index is 2320.